The van der Waals surface area contributed by atoms with Gasteiger partial charge in [-0.1, -0.05) is 72.3 Å². The molecule has 4 bridgehead atoms. The highest BCUT2D eigenvalue weighted by molar-refractivity contribution is 6.33. The van der Waals surface area contributed by atoms with Gasteiger partial charge in [0, 0.05) is 16.0 Å². The number of hydrogen-bond acceptors (Lipinski definition) is 0. The molecule has 0 aromatic heterocycles. The van der Waals surface area contributed by atoms with Crippen LogP contribution in [0.25, 0.3) is 22.3 Å². The molecule has 0 amide bonds. The Morgan fingerprint density at radius 2 is 1.14 bits per heavy atom. The van der Waals surface area contributed by atoms with Gasteiger partial charge in [0.05, 0.1) is 0 Å². The smallest absolute Gasteiger partial charge is 0.0484 e. The van der Waals surface area contributed by atoms with Crippen LogP contribution in [0, 0.1) is 23.7 Å². The van der Waals surface area contributed by atoms with Gasteiger partial charge in [0.15, 0.2) is 0 Å². The van der Waals surface area contributed by atoms with E-state index in [1.807, 2.05) is 12.1 Å². The second-order valence-electron chi connectivity index (χ2n) is 9.93. The van der Waals surface area contributed by atoms with Crippen LogP contribution >= 0.6 is 11.6 Å². The molecule has 0 saturated heterocycles. The minimum atomic E-state index is 0.190. The Labute approximate surface area is 177 Å². The van der Waals surface area contributed by atoms with Gasteiger partial charge in [0.2, 0.25) is 0 Å². The van der Waals surface area contributed by atoms with Crippen LogP contribution in [0.15, 0.2) is 66.7 Å². The third-order valence-corrected chi connectivity index (χ3v) is 9.06. The van der Waals surface area contributed by atoms with E-state index < -0.39 is 0 Å². The molecule has 1 spiro atoms. The summed E-state index contributed by atoms with van der Waals surface area (Å²) in [7, 11) is 0. The van der Waals surface area contributed by atoms with E-state index in [2.05, 4.69) is 54.6 Å². The van der Waals surface area contributed by atoms with E-state index >= 15 is 0 Å². The molecule has 3 aromatic rings. The molecule has 8 rings (SSSR count). The van der Waals surface area contributed by atoms with Crippen molar-refractivity contribution in [1.82, 2.24) is 0 Å². The summed E-state index contributed by atoms with van der Waals surface area (Å²) in [5.41, 5.74) is 8.92. The third-order valence-electron chi connectivity index (χ3n) is 8.73. The summed E-state index contributed by atoms with van der Waals surface area (Å²) in [6, 6.07) is 24.7. The minimum Gasteiger partial charge on any atom is -0.0837 e. The monoisotopic (exact) mass is 396 g/mol. The van der Waals surface area contributed by atoms with Crippen LogP contribution in [0.2, 0.25) is 5.02 Å². The van der Waals surface area contributed by atoms with Crippen molar-refractivity contribution < 1.29 is 0 Å². The fourth-order valence-electron chi connectivity index (χ4n) is 8.12. The van der Waals surface area contributed by atoms with Crippen LogP contribution in [0.4, 0.5) is 0 Å². The van der Waals surface area contributed by atoms with Crippen LogP contribution in [0.1, 0.15) is 43.2 Å². The normalized spacial score (nSPS) is 33.1. The molecule has 0 aliphatic heterocycles. The maximum atomic E-state index is 6.75. The zero-order chi connectivity index (χ0) is 19.2. The van der Waals surface area contributed by atoms with E-state index in [1.54, 1.807) is 11.1 Å². The largest absolute Gasteiger partial charge is 0.0837 e. The summed E-state index contributed by atoms with van der Waals surface area (Å²) >= 11 is 6.75. The number of halogens is 1. The fraction of sp³-hybridized carbons (Fsp3) is 0.357. The lowest BCUT2D eigenvalue weighted by Gasteiger charge is -2.61. The Balaban J connectivity index is 1.58. The minimum absolute atomic E-state index is 0.190. The van der Waals surface area contributed by atoms with Gasteiger partial charge in [-0.3, -0.25) is 0 Å². The Hall–Kier alpha value is -2.05. The molecular formula is C28H25Cl. The van der Waals surface area contributed by atoms with Crippen molar-refractivity contribution >= 4 is 11.6 Å². The molecule has 5 aliphatic carbocycles. The standard InChI is InChI=1S/C28H25Cl/c29-26-11-4-2-7-22(26)24-9-5-8-23-21-6-1-3-10-25(21)28(27(23)24)19-13-17-12-18(15-19)16-20(28)14-17/h1-11,17-20H,12-16H2. The Morgan fingerprint density at radius 3 is 1.83 bits per heavy atom. The van der Waals surface area contributed by atoms with Crippen LogP contribution in [-0.2, 0) is 5.41 Å². The summed E-state index contributed by atoms with van der Waals surface area (Å²) in [4.78, 5) is 0. The van der Waals surface area contributed by atoms with Gasteiger partial charge in [-0.25, -0.2) is 0 Å². The van der Waals surface area contributed by atoms with Crippen molar-refractivity contribution in [2.45, 2.75) is 37.5 Å². The van der Waals surface area contributed by atoms with E-state index in [0.717, 1.165) is 28.7 Å². The number of benzene rings is 3. The number of hydrogen-bond donors (Lipinski definition) is 0. The third kappa shape index (κ3) is 2.01. The van der Waals surface area contributed by atoms with Gasteiger partial charge < -0.3 is 0 Å². The molecule has 3 aromatic carbocycles. The van der Waals surface area contributed by atoms with Crippen molar-refractivity contribution in [3.8, 4) is 22.3 Å². The zero-order valence-corrected chi connectivity index (χ0v) is 17.3. The molecule has 0 atom stereocenters. The average molecular weight is 397 g/mol. The molecule has 4 saturated carbocycles. The quantitative estimate of drug-likeness (QED) is 0.394. The number of fused-ring (bicyclic) bond motifs is 3. The van der Waals surface area contributed by atoms with Gasteiger partial charge in [-0.05, 0) is 89.7 Å². The van der Waals surface area contributed by atoms with E-state index in [-0.39, 0.29) is 5.41 Å². The number of rotatable bonds is 1. The second kappa shape index (κ2) is 5.76. The SMILES string of the molecule is Clc1ccccc1-c1cccc2c1C1(c3ccccc3-2)C2CC3CC(C2)CC1C3. The summed E-state index contributed by atoms with van der Waals surface area (Å²) in [6.07, 6.45) is 7.15. The highest BCUT2D eigenvalue weighted by Crippen LogP contribution is 2.70. The Bertz CT molecular complexity index is 1110. The lowest BCUT2D eigenvalue weighted by Crippen LogP contribution is -2.55. The van der Waals surface area contributed by atoms with Crippen LogP contribution in [0.3, 0.4) is 0 Å². The maximum absolute atomic E-state index is 6.75. The average Bonchev–Trinajstić information content (AvgIpc) is 3.04. The first-order valence-electron chi connectivity index (χ1n) is 11.2. The molecule has 4 fully saturated rings. The molecule has 0 nitrogen and oxygen atoms in total. The molecule has 0 unspecified atom stereocenters. The highest BCUT2D eigenvalue weighted by atomic mass is 35.5. The Morgan fingerprint density at radius 1 is 0.586 bits per heavy atom. The zero-order valence-electron chi connectivity index (χ0n) is 16.6. The second-order valence-corrected chi connectivity index (χ2v) is 10.3. The van der Waals surface area contributed by atoms with Crippen molar-refractivity contribution in [3.63, 3.8) is 0 Å². The van der Waals surface area contributed by atoms with Gasteiger partial charge in [0.25, 0.3) is 0 Å². The van der Waals surface area contributed by atoms with Gasteiger partial charge in [-0.2, -0.15) is 0 Å². The first kappa shape index (κ1) is 16.7. The molecular weight excluding hydrogens is 372 g/mol. The van der Waals surface area contributed by atoms with Crippen LogP contribution < -0.4 is 0 Å². The van der Waals surface area contributed by atoms with Crippen LogP contribution in [0.5, 0.6) is 0 Å². The van der Waals surface area contributed by atoms with Crippen molar-refractivity contribution in [1.29, 1.82) is 0 Å². The molecule has 1 heteroatoms. The lowest BCUT2D eigenvalue weighted by molar-refractivity contribution is -0.0397. The van der Waals surface area contributed by atoms with E-state index in [9.17, 15) is 0 Å². The van der Waals surface area contributed by atoms with Crippen LogP contribution in [-0.4, -0.2) is 0 Å². The van der Waals surface area contributed by atoms with Gasteiger partial charge >= 0.3 is 0 Å². The van der Waals surface area contributed by atoms with Crippen molar-refractivity contribution in [3.05, 3.63) is 82.9 Å². The molecule has 0 N–H and O–H groups in total. The predicted octanol–water partition coefficient (Wildman–Crippen LogP) is 7.73. The molecule has 5 aliphatic rings. The molecule has 0 heterocycles. The van der Waals surface area contributed by atoms with E-state index in [1.165, 1.54) is 54.4 Å². The topological polar surface area (TPSA) is 0 Å². The Kier molecular flexibility index (Phi) is 3.32. The predicted molar refractivity (Wildman–Crippen MR) is 120 cm³/mol. The van der Waals surface area contributed by atoms with Gasteiger partial charge in [0.1, 0.15) is 0 Å². The van der Waals surface area contributed by atoms with Gasteiger partial charge in [-0.15, -0.1) is 0 Å². The summed E-state index contributed by atoms with van der Waals surface area (Å²) < 4.78 is 0. The summed E-state index contributed by atoms with van der Waals surface area (Å²) in [6.45, 7) is 0. The first-order chi connectivity index (χ1) is 14.3. The maximum Gasteiger partial charge on any atom is 0.0484 e. The molecule has 29 heavy (non-hydrogen) atoms. The van der Waals surface area contributed by atoms with E-state index in [0.29, 0.717) is 0 Å². The first-order valence-corrected chi connectivity index (χ1v) is 11.6. The summed E-state index contributed by atoms with van der Waals surface area (Å²) in [5.74, 6) is 3.49. The van der Waals surface area contributed by atoms with Crippen molar-refractivity contribution in [2.24, 2.45) is 23.7 Å². The molecule has 144 valence electrons. The molecule has 0 radical (unpaired) electrons. The van der Waals surface area contributed by atoms with E-state index in [4.69, 9.17) is 11.6 Å². The van der Waals surface area contributed by atoms with Crippen molar-refractivity contribution in [2.75, 3.05) is 0 Å². The fourth-order valence-corrected chi connectivity index (χ4v) is 8.35. The highest BCUT2D eigenvalue weighted by Gasteiger charge is 2.62. The lowest BCUT2D eigenvalue weighted by atomic mass is 9.42. The summed E-state index contributed by atoms with van der Waals surface area (Å²) in [5, 5.41) is 0.871.